The Kier molecular flexibility index (Phi) is 5.36. The summed E-state index contributed by atoms with van der Waals surface area (Å²) in [5.41, 5.74) is 2.08. The Morgan fingerprint density at radius 2 is 1.88 bits per heavy atom. The molecule has 0 unspecified atom stereocenters. The van der Waals surface area contributed by atoms with Gasteiger partial charge in [-0.05, 0) is 32.0 Å². The third-order valence-corrected chi connectivity index (χ3v) is 3.48. The molecule has 24 heavy (non-hydrogen) atoms. The van der Waals surface area contributed by atoms with Crippen molar-refractivity contribution in [1.29, 1.82) is 0 Å². The third-order valence-electron chi connectivity index (χ3n) is 3.48. The van der Waals surface area contributed by atoms with Gasteiger partial charge in [-0.2, -0.15) is 0 Å². The molecule has 0 aromatic heterocycles. The summed E-state index contributed by atoms with van der Waals surface area (Å²) in [5.74, 6) is 0.0332. The fourth-order valence-electron chi connectivity index (χ4n) is 2.11. The Bertz CT molecular complexity index is 744. The van der Waals surface area contributed by atoms with Gasteiger partial charge in [-0.25, -0.2) is 0 Å². The summed E-state index contributed by atoms with van der Waals surface area (Å²) in [4.78, 5) is 22.7. The lowest BCUT2D eigenvalue weighted by Crippen LogP contribution is -2.32. The van der Waals surface area contributed by atoms with E-state index >= 15 is 0 Å². The van der Waals surface area contributed by atoms with E-state index in [1.165, 1.54) is 25.3 Å². The van der Waals surface area contributed by atoms with Gasteiger partial charge in [0.15, 0.2) is 0 Å². The molecule has 0 saturated carbocycles. The van der Waals surface area contributed by atoms with E-state index in [1.54, 1.807) is 6.92 Å². The van der Waals surface area contributed by atoms with Crippen molar-refractivity contribution in [1.82, 2.24) is 0 Å². The monoisotopic (exact) mass is 329 g/mol. The van der Waals surface area contributed by atoms with Crippen LogP contribution in [0.2, 0.25) is 0 Å². The van der Waals surface area contributed by atoms with Crippen LogP contribution in [0.4, 0.5) is 17.1 Å². The SMILES string of the molecule is COc1ccc([N+](=O)[O-])cc1NC(=O)[C@@H](C)Nc1ccc(C)cc1. The summed E-state index contributed by atoms with van der Waals surface area (Å²) in [5, 5.41) is 16.6. The molecule has 0 saturated heterocycles. The minimum atomic E-state index is -0.531. The summed E-state index contributed by atoms with van der Waals surface area (Å²) in [7, 11) is 1.44. The summed E-state index contributed by atoms with van der Waals surface area (Å²) >= 11 is 0. The van der Waals surface area contributed by atoms with E-state index < -0.39 is 11.0 Å². The van der Waals surface area contributed by atoms with Crippen LogP contribution >= 0.6 is 0 Å². The van der Waals surface area contributed by atoms with Gasteiger partial charge in [0.25, 0.3) is 5.69 Å². The van der Waals surface area contributed by atoms with Gasteiger partial charge in [0.2, 0.25) is 5.91 Å². The zero-order valence-electron chi connectivity index (χ0n) is 13.7. The fourth-order valence-corrected chi connectivity index (χ4v) is 2.11. The molecular formula is C17H19N3O4. The van der Waals surface area contributed by atoms with Crippen LogP contribution in [0, 0.1) is 17.0 Å². The number of nitrogens with one attached hydrogen (secondary N) is 2. The van der Waals surface area contributed by atoms with Gasteiger partial charge in [0.1, 0.15) is 11.8 Å². The zero-order chi connectivity index (χ0) is 17.7. The number of rotatable bonds is 6. The number of non-ortho nitro benzene ring substituents is 1. The van der Waals surface area contributed by atoms with Crippen molar-refractivity contribution >= 4 is 23.0 Å². The lowest BCUT2D eigenvalue weighted by molar-refractivity contribution is -0.384. The molecule has 0 aliphatic rings. The maximum atomic E-state index is 12.3. The Labute approximate surface area is 139 Å². The standard InChI is InChI=1S/C17H19N3O4/c1-11-4-6-13(7-5-11)18-12(2)17(21)19-15-10-14(20(22)23)8-9-16(15)24-3/h4-10,12,18H,1-3H3,(H,19,21)/t12-/m1/s1. The number of carbonyl (C=O) groups is 1. The number of nitro benzene ring substituents is 1. The van der Waals surface area contributed by atoms with Crippen molar-refractivity contribution in [2.75, 3.05) is 17.7 Å². The van der Waals surface area contributed by atoms with Crippen LogP contribution in [0.3, 0.4) is 0 Å². The van der Waals surface area contributed by atoms with Gasteiger partial charge < -0.3 is 15.4 Å². The van der Waals surface area contributed by atoms with Gasteiger partial charge >= 0.3 is 0 Å². The minimum absolute atomic E-state index is 0.120. The fraction of sp³-hybridized carbons (Fsp3) is 0.235. The third kappa shape index (κ3) is 4.22. The summed E-state index contributed by atoms with van der Waals surface area (Å²) in [6.45, 7) is 3.69. The quantitative estimate of drug-likeness (QED) is 0.626. The molecule has 2 aromatic rings. The molecule has 7 heteroatoms. The molecule has 0 fully saturated rings. The first-order chi connectivity index (χ1) is 11.4. The van der Waals surface area contributed by atoms with Crippen LogP contribution in [0.15, 0.2) is 42.5 Å². The highest BCUT2D eigenvalue weighted by molar-refractivity contribution is 5.97. The van der Waals surface area contributed by atoms with Crippen LogP contribution in [0.5, 0.6) is 5.75 Å². The van der Waals surface area contributed by atoms with Crippen LogP contribution in [0.25, 0.3) is 0 Å². The number of anilines is 2. The largest absolute Gasteiger partial charge is 0.495 e. The summed E-state index contributed by atoms with van der Waals surface area (Å²) in [6.07, 6.45) is 0. The molecule has 2 N–H and O–H groups in total. The maximum absolute atomic E-state index is 12.3. The number of ether oxygens (including phenoxy) is 1. The molecule has 0 aliphatic heterocycles. The van der Waals surface area contributed by atoms with E-state index in [0.717, 1.165) is 11.3 Å². The number of carbonyl (C=O) groups excluding carboxylic acids is 1. The van der Waals surface area contributed by atoms with Crippen molar-refractivity contribution in [3.8, 4) is 5.75 Å². The second kappa shape index (κ2) is 7.45. The van der Waals surface area contributed by atoms with E-state index in [9.17, 15) is 14.9 Å². The topological polar surface area (TPSA) is 93.5 Å². The number of hydrogen-bond acceptors (Lipinski definition) is 5. The number of hydrogen-bond donors (Lipinski definition) is 2. The molecule has 0 heterocycles. The lowest BCUT2D eigenvalue weighted by Gasteiger charge is -2.16. The van der Waals surface area contributed by atoms with Crippen molar-refractivity contribution in [2.24, 2.45) is 0 Å². The number of amides is 1. The molecule has 1 amide bonds. The normalized spacial score (nSPS) is 11.5. The van der Waals surface area contributed by atoms with E-state index in [0.29, 0.717) is 5.75 Å². The van der Waals surface area contributed by atoms with Gasteiger partial charge in [0, 0.05) is 17.8 Å². The van der Waals surface area contributed by atoms with E-state index in [4.69, 9.17) is 4.74 Å². The predicted molar refractivity (Wildman–Crippen MR) is 92.5 cm³/mol. The van der Waals surface area contributed by atoms with E-state index in [2.05, 4.69) is 10.6 Å². The molecule has 1 atom stereocenters. The van der Waals surface area contributed by atoms with Crippen LogP contribution in [0.1, 0.15) is 12.5 Å². The lowest BCUT2D eigenvalue weighted by atomic mass is 10.2. The summed E-state index contributed by atoms with van der Waals surface area (Å²) in [6, 6.07) is 11.2. The van der Waals surface area contributed by atoms with Crippen LogP contribution in [-0.4, -0.2) is 24.0 Å². The van der Waals surface area contributed by atoms with Gasteiger partial charge in [-0.1, -0.05) is 17.7 Å². The van der Waals surface area contributed by atoms with E-state index in [-0.39, 0.29) is 17.3 Å². The van der Waals surface area contributed by atoms with Crippen molar-refractivity contribution in [2.45, 2.75) is 19.9 Å². The Hall–Kier alpha value is -3.09. The first-order valence-electron chi connectivity index (χ1n) is 7.37. The molecule has 0 spiro atoms. The number of aryl methyl sites for hydroxylation is 1. The predicted octanol–water partition coefficient (Wildman–Crippen LogP) is 3.35. The number of nitrogens with zero attached hydrogens (tertiary/aromatic N) is 1. The first-order valence-corrected chi connectivity index (χ1v) is 7.37. The average molecular weight is 329 g/mol. The highest BCUT2D eigenvalue weighted by Crippen LogP contribution is 2.29. The molecule has 0 aliphatic carbocycles. The van der Waals surface area contributed by atoms with Crippen molar-refractivity contribution in [3.63, 3.8) is 0 Å². The molecule has 7 nitrogen and oxygen atoms in total. The van der Waals surface area contributed by atoms with Crippen LogP contribution in [-0.2, 0) is 4.79 Å². The highest BCUT2D eigenvalue weighted by Gasteiger charge is 2.17. The maximum Gasteiger partial charge on any atom is 0.271 e. The van der Waals surface area contributed by atoms with Gasteiger partial charge in [-0.3, -0.25) is 14.9 Å². The molecule has 0 bridgehead atoms. The van der Waals surface area contributed by atoms with Crippen molar-refractivity contribution in [3.05, 3.63) is 58.1 Å². The molecule has 0 radical (unpaired) electrons. The Morgan fingerprint density at radius 3 is 2.46 bits per heavy atom. The van der Waals surface area contributed by atoms with Gasteiger partial charge in [-0.15, -0.1) is 0 Å². The van der Waals surface area contributed by atoms with Gasteiger partial charge in [0.05, 0.1) is 17.7 Å². The number of nitro groups is 1. The van der Waals surface area contributed by atoms with Crippen molar-refractivity contribution < 1.29 is 14.5 Å². The Morgan fingerprint density at radius 1 is 1.21 bits per heavy atom. The second-order valence-electron chi connectivity index (χ2n) is 5.36. The smallest absolute Gasteiger partial charge is 0.271 e. The molecule has 2 aromatic carbocycles. The summed E-state index contributed by atoms with van der Waals surface area (Å²) < 4.78 is 5.13. The first kappa shape index (κ1) is 17.3. The Balaban J connectivity index is 2.11. The minimum Gasteiger partial charge on any atom is -0.495 e. The highest BCUT2D eigenvalue weighted by atomic mass is 16.6. The zero-order valence-corrected chi connectivity index (χ0v) is 13.7. The number of methoxy groups -OCH3 is 1. The molecule has 126 valence electrons. The van der Waals surface area contributed by atoms with E-state index in [1.807, 2.05) is 31.2 Å². The second-order valence-corrected chi connectivity index (χ2v) is 5.36. The van der Waals surface area contributed by atoms with Crippen LogP contribution < -0.4 is 15.4 Å². The molecule has 2 rings (SSSR count). The number of benzene rings is 2. The average Bonchev–Trinajstić information content (AvgIpc) is 2.56. The molecular weight excluding hydrogens is 310 g/mol.